The van der Waals surface area contributed by atoms with Gasteiger partial charge in [-0.3, -0.25) is 9.78 Å². The van der Waals surface area contributed by atoms with Crippen LogP contribution in [0.5, 0.6) is 0 Å². The van der Waals surface area contributed by atoms with Crippen molar-refractivity contribution < 1.29 is 14.7 Å². The zero-order valence-electron chi connectivity index (χ0n) is 8.51. The van der Waals surface area contributed by atoms with Gasteiger partial charge in [0.1, 0.15) is 0 Å². The molecule has 7 nitrogen and oxygen atoms in total. The summed E-state index contributed by atoms with van der Waals surface area (Å²) in [4.78, 5) is 32.1. The van der Waals surface area contributed by atoms with E-state index in [0.717, 1.165) is 6.33 Å². The lowest BCUT2D eigenvalue weighted by molar-refractivity contribution is -0.255. The number of rotatable bonds is 3. The third-order valence-electron chi connectivity index (χ3n) is 2.00. The van der Waals surface area contributed by atoms with E-state index in [9.17, 15) is 14.7 Å². The first-order chi connectivity index (χ1) is 8.18. The second-order valence-corrected chi connectivity index (χ2v) is 3.10. The number of imidazole rings is 1. The predicted molar refractivity (Wildman–Crippen MR) is 55.1 cm³/mol. The lowest BCUT2D eigenvalue weighted by atomic mass is 10.3. The summed E-state index contributed by atoms with van der Waals surface area (Å²) in [6.45, 7) is 0. The molecule has 2 aromatic rings. The number of aromatic amines is 1. The Morgan fingerprint density at radius 2 is 2.00 bits per heavy atom. The molecule has 0 unspecified atom stereocenters. The first-order valence-electron chi connectivity index (χ1n) is 4.64. The van der Waals surface area contributed by atoms with Gasteiger partial charge in [-0.2, -0.15) is 0 Å². The fraction of sp³-hybridized carbons (Fsp3) is 0. The van der Waals surface area contributed by atoms with Crippen LogP contribution in [0.1, 0.15) is 21.0 Å². The highest BCUT2D eigenvalue weighted by Crippen LogP contribution is 2.08. The standard InChI is InChI=1S/C10H8N4O3/c15-9(14-6-1-3-11-4-2-6)7-8(10(16)17)13-5-12-7/h1-5H,(H,12,13)(H,16,17)(H,11,14,15)/p-1. The van der Waals surface area contributed by atoms with Crippen LogP contribution in [-0.4, -0.2) is 26.8 Å². The molecule has 2 N–H and O–H groups in total. The molecule has 0 fully saturated rings. The molecule has 2 rings (SSSR count). The normalized spacial score (nSPS) is 9.88. The molecule has 0 aromatic carbocycles. The van der Waals surface area contributed by atoms with Crippen molar-refractivity contribution in [3.8, 4) is 0 Å². The molecule has 0 radical (unpaired) electrons. The molecule has 0 aliphatic carbocycles. The van der Waals surface area contributed by atoms with Crippen molar-refractivity contribution in [2.24, 2.45) is 0 Å². The van der Waals surface area contributed by atoms with Crippen molar-refractivity contribution in [1.82, 2.24) is 15.0 Å². The summed E-state index contributed by atoms with van der Waals surface area (Å²) in [6.07, 6.45) is 4.12. The van der Waals surface area contributed by atoms with Gasteiger partial charge in [-0.25, -0.2) is 4.98 Å². The number of hydrogen-bond donors (Lipinski definition) is 2. The van der Waals surface area contributed by atoms with E-state index in [2.05, 4.69) is 20.3 Å². The van der Waals surface area contributed by atoms with E-state index < -0.39 is 11.9 Å². The third-order valence-corrected chi connectivity index (χ3v) is 2.00. The number of anilines is 1. The molecule has 0 saturated carbocycles. The summed E-state index contributed by atoms with van der Waals surface area (Å²) in [5.74, 6) is -2.11. The molecule has 0 saturated heterocycles. The van der Waals surface area contributed by atoms with Crippen molar-refractivity contribution in [2.75, 3.05) is 5.32 Å². The summed E-state index contributed by atoms with van der Waals surface area (Å²) < 4.78 is 0. The van der Waals surface area contributed by atoms with E-state index in [1.54, 1.807) is 12.1 Å². The van der Waals surface area contributed by atoms with E-state index in [1.807, 2.05) is 0 Å². The van der Waals surface area contributed by atoms with Gasteiger partial charge in [0.15, 0.2) is 5.69 Å². The number of carboxylic acid groups (broad SMARTS) is 1. The van der Waals surface area contributed by atoms with Gasteiger partial charge >= 0.3 is 0 Å². The Morgan fingerprint density at radius 3 is 2.65 bits per heavy atom. The van der Waals surface area contributed by atoms with Gasteiger partial charge in [-0.05, 0) is 12.1 Å². The summed E-state index contributed by atoms with van der Waals surface area (Å²) in [5.41, 5.74) is -0.0735. The molecule has 86 valence electrons. The lowest BCUT2D eigenvalue weighted by Gasteiger charge is -2.05. The van der Waals surface area contributed by atoms with Crippen molar-refractivity contribution in [1.29, 1.82) is 0 Å². The van der Waals surface area contributed by atoms with Crippen LogP contribution in [0.15, 0.2) is 30.9 Å². The number of carbonyl (C=O) groups excluding carboxylic acids is 2. The van der Waals surface area contributed by atoms with E-state index in [4.69, 9.17) is 0 Å². The van der Waals surface area contributed by atoms with Crippen molar-refractivity contribution in [3.05, 3.63) is 42.2 Å². The summed E-state index contributed by atoms with van der Waals surface area (Å²) >= 11 is 0. The average Bonchev–Trinajstić information content (AvgIpc) is 2.79. The summed E-state index contributed by atoms with van der Waals surface area (Å²) in [6, 6.07) is 3.15. The number of pyridine rings is 1. The monoisotopic (exact) mass is 231 g/mol. The number of aromatic carboxylic acids is 1. The molecular weight excluding hydrogens is 224 g/mol. The molecule has 0 aliphatic rings. The second-order valence-electron chi connectivity index (χ2n) is 3.10. The van der Waals surface area contributed by atoms with E-state index in [-0.39, 0.29) is 11.4 Å². The van der Waals surface area contributed by atoms with Crippen LogP contribution >= 0.6 is 0 Å². The van der Waals surface area contributed by atoms with Gasteiger partial charge in [0.25, 0.3) is 5.91 Å². The number of amides is 1. The number of H-pyrrole nitrogens is 1. The van der Waals surface area contributed by atoms with Gasteiger partial charge in [0.2, 0.25) is 0 Å². The Morgan fingerprint density at radius 1 is 1.29 bits per heavy atom. The zero-order chi connectivity index (χ0) is 12.3. The van der Waals surface area contributed by atoms with Crippen molar-refractivity contribution >= 4 is 17.6 Å². The maximum absolute atomic E-state index is 11.7. The predicted octanol–water partition coefficient (Wildman–Crippen LogP) is -0.580. The quantitative estimate of drug-likeness (QED) is 0.734. The van der Waals surface area contributed by atoms with Crippen LogP contribution in [0, 0.1) is 0 Å². The van der Waals surface area contributed by atoms with E-state index >= 15 is 0 Å². The minimum atomic E-state index is -1.48. The van der Waals surface area contributed by atoms with Gasteiger partial charge in [-0.15, -0.1) is 0 Å². The highest BCUT2D eigenvalue weighted by atomic mass is 16.4. The van der Waals surface area contributed by atoms with Crippen molar-refractivity contribution in [2.45, 2.75) is 0 Å². The minimum Gasteiger partial charge on any atom is -0.543 e. The van der Waals surface area contributed by atoms with Gasteiger partial charge in [-0.1, -0.05) is 0 Å². The molecule has 2 aromatic heterocycles. The Hall–Kier alpha value is -2.70. The Labute approximate surface area is 95.5 Å². The largest absolute Gasteiger partial charge is 0.543 e. The molecule has 1 amide bonds. The molecule has 7 heteroatoms. The third kappa shape index (κ3) is 2.28. The van der Waals surface area contributed by atoms with Crippen LogP contribution in [0.3, 0.4) is 0 Å². The number of carbonyl (C=O) groups is 2. The molecule has 0 spiro atoms. The van der Waals surface area contributed by atoms with E-state index in [1.165, 1.54) is 12.4 Å². The van der Waals surface area contributed by atoms with Crippen LogP contribution < -0.4 is 10.4 Å². The Balaban J connectivity index is 2.21. The first kappa shape index (κ1) is 10.8. The summed E-state index contributed by atoms with van der Waals surface area (Å²) in [7, 11) is 0. The first-order valence-corrected chi connectivity index (χ1v) is 4.64. The van der Waals surface area contributed by atoms with Gasteiger partial charge in [0, 0.05) is 18.1 Å². The topological polar surface area (TPSA) is 111 Å². The van der Waals surface area contributed by atoms with Gasteiger partial charge in [0.05, 0.1) is 18.0 Å². The molecule has 17 heavy (non-hydrogen) atoms. The SMILES string of the molecule is O=C(Nc1ccncc1)c1nc[nH]c1C(=O)[O-]. The molecular formula is C10H7N4O3-. The zero-order valence-corrected chi connectivity index (χ0v) is 8.51. The second kappa shape index (κ2) is 4.44. The highest BCUT2D eigenvalue weighted by Gasteiger charge is 2.15. The average molecular weight is 231 g/mol. The number of hydrogen-bond acceptors (Lipinski definition) is 5. The van der Waals surface area contributed by atoms with Crippen LogP contribution in [0.4, 0.5) is 5.69 Å². The minimum absolute atomic E-state index is 0.221. The maximum Gasteiger partial charge on any atom is 0.276 e. The van der Waals surface area contributed by atoms with Crippen molar-refractivity contribution in [3.63, 3.8) is 0 Å². The number of carboxylic acids is 1. The number of nitrogens with zero attached hydrogens (tertiary/aromatic N) is 2. The Kier molecular flexibility index (Phi) is 2.82. The lowest BCUT2D eigenvalue weighted by Crippen LogP contribution is -2.26. The van der Waals surface area contributed by atoms with E-state index in [0.29, 0.717) is 5.69 Å². The molecule has 2 heterocycles. The fourth-order valence-corrected chi connectivity index (χ4v) is 1.25. The smallest absolute Gasteiger partial charge is 0.276 e. The molecule has 0 aliphatic heterocycles. The van der Waals surface area contributed by atoms with Crippen LogP contribution in [-0.2, 0) is 0 Å². The maximum atomic E-state index is 11.7. The molecule has 0 atom stereocenters. The highest BCUT2D eigenvalue weighted by molar-refractivity contribution is 6.08. The van der Waals surface area contributed by atoms with Gasteiger partial charge < -0.3 is 20.2 Å². The van der Waals surface area contributed by atoms with Crippen LogP contribution in [0.2, 0.25) is 0 Å². The summed E-state index contributed by atoms with van der Waals surface area (Å²) in [5, 5.41) is 13.2. The number of nitrogens with one attached hydrogen (secondary N) is 2. The fourth-order valence-electron chi connectivity index (χ4n) is 1.25. The molecule has 0 bridgehead atoms. The Bertz CT molecular complexity index is 550. The van der Waals surface area contributed by atoms with Crippen LogP contribution in [0.25, 0.3) is 0 Å². The number of aromatic nitrogens is 3.